The van der Waals surface area contributed by atoms with Gasteiger partial charge in [-0.3, -0.25) is 9.89 Å². The zero-order chi connectivity index (χ0) is 18.4. The molecule has 6 nitrogen and oxygen atoms in total. The molecule has 1 aromatic carbocycles. The minimum absolute atomic E-state index is 0. The Morgan fingerprint density at radius 1 is 1.26 bits per heavy atom. The average molecular weight is 488 g/mol. The Morgan fingerprint density at radius 2 is 1.96 bits per heavy atom. The average Bonchev–Trinajstić information content (AvgIpc) is 3.09. The minimum Gasteiger partial charge on any atom is -0.391 e. The van der Waals surface area contributed by atoms with Crippen LogP contribution in [0.25, 0.3) is 0 Å². The Morgan fingerprint density at radius 3 is 2.56 bits per heavy atom. The van der Waals surface area contributed by atoms with Crippen molar-refractivity contribution >= 4 is 29.9 Å². The molecule has 2 fully saturated rings. The molecule has 0 amide bonds. The SMILES string of the molecule is CCNC(=NCC(c1ccc(C)cc1)N1CCOCC1)N1CC[C@@H](O)C1.I. The Balaban J connectivity index is 0.00000261. The molecule has 2 aliphatic rings. The van der Waals surface area contributed by atoms with Crippen molar-refractivity contribution in [2.45, 2.75) is 32.4 Å². The smallest absolute Gasteiger partial charge is 0.194 e. The number of likely N-dealkylation sites (tertiary alicyclic amines) is 1. The first-order valence-corrected chi connectivity index (χ1v) is 9.77. The van der Waals surface area contributed by atoms with Crippen molar-refractivity contribution in [2.75, 3.05) is 52.5 Å². The second-order valence-corrected chi connectivity index (χ2v) is 7.16. The van der Waals surface area contributed by atoms with Gasteiger partial charge in [-0.1, -0.05) is 29.8 Å². The topological polar surface area (TPSA) is 60.3 Å². The number of nitrogens with one attached hydrogen (secondary N) is 1. The van der Waals surface area contributed by atoms with Crippen LogP contribution < -0.4 is 5.32 Å². The maximum Gasteiger partial charge on any atom is 0.194 e. The summed E-state index contributed by atoms with van der Waals surface area (Å²) >= 11 is 0. The van der Waals surface area contributed by atoms with Crippen LogP contribution in [0, 0.1) is 6.92 Å². The molecule has 1 unspecified atom stereocenters. The van der Waals surface area contributed by atoms with E-state index in [4.69, 9.17) is 9.73 Å². The number of aliphatic imine (C=N–C) groups is 1. The number of benzene rings is 1. The van der Waals surface area contributed by atoms with Crippen molar-refractivity contribution < 1.29 is 9.84 Å². The van der Waals surface area contributed by atoms with Crippen molar-refractivity contribution in [2.24, 2.45) is 4.99 Å². The molecule has 0 radical (unpaired) electrons. The van der Waals surface area contributed by atoms with E-state index in [2.05, 4.69) is 53.2 Å². The molecule has 2 saturated heterocycles. The molecule has 0 aromatic heterocycles. The molecule has 2 heterocycles. The summed E-state index contributed by atoms with van der Waals surface area (Å²) < 4.78 is 5.54. The van der Waals surface area contributed by atoms with E-state index in [9.17, 15) is 5.11 Å². The number of nitrogens with zero attached hydrogens (tertiary/aromatic N) is 3. The summed E-state index contributed by atoms with van der Waals surface area (Å²) in [4.78, 5) is 9.58. The third kappa shape index (κ3) is 6.30. The molecule has 0 aliphatic carbocycles. The number of halogens is 1. The molecule has 2 aliphatic heterocycles. The van der Waals surface area contributed by atoms with Gasteiger partial charge >= 0.3 is 0 Å². The van der Waals surface area contributed by atoms with E-state index in [0.717, 1.165) is 51.8 Å². The number of hydrogen-bond acceptors (Lipinski definition) is 4. The van der Waals surface area contributed by atoms with E-state index in [1.807, 2.05) is 0 Å². The van der Waals surface area contributed by atoms with Crippen LogP contribution in [0.4, 0.5) is 0 Å². The summed E-state index contributed by atoms with van der Waals surface area (Å²) in [5, 5.41) is 13.2. The van der Waals surface area contributed by atoms with Gasteiger partial charge in [-0.2, -0.15) is 0 Å². The van der Waals surface area contributed by atoms with Crippen molar-refractivity contribution in [1.82, 2.24) is 15.1 Å². The highest BCUT2D eigenvalue weighted by Gasteiger charge is 2.25. The van der Waals surface area contributed by atoms with Gasteiger partial charge in [0.05, 0.1) is 31.9 Å². The second kappa shape index (κ2) is 11.2. The Labute approximate surface area is 180 Å². The highest BCUT2D eigenvalue weighted by Crippen LogP contribution is 2.23. The molecule has 0 spiro atoms. The number of β-amino-alcohol motifs (C(OH)–C–C–N with tert-alkyl or cyclic N) is 1. The molecule has 7 heteroatoms. The molecule has 2 N–H and O–H groups in total. The minimum atomic E-state index is -0.244. The van der Waals surface area contributed by atoms with E-state index in [0.29, 0.717) is 13.1 Å². The molecule has 1 aromatic rings. The zero-order valence-electron chi connectivity index (χ0n) is 16.4. The van der Waals surface area contributed by atoms with Gasteiger partial charge in [0.1, 0.15) is 0 Å². The van der Waals surface area contributed by atoms with Gasteiger partial charge in [0.25, 0.3) is 0 Å². The lowest BCUT2D eigenvalue weighted by molar-refractivity contribution is 0.0179. The van der Waals surface area contributed by atoms with Gasteiger partial charge in [0, 0.05) is 32.7 Å². The van der Waals surface area contributed by atoms with Crippen LogP contribution in [0.15, 0.2) is 29.3 Å². The van der Waals surface area contributed by atoms with Crippen LogP contribution >= 0.6 is 24.0 Å². The quantitative estimate of drug-likeness (QED) is 0.378. The van der Waals surface area contributed by atoms with Gasteiger partial charge in [0.15, 0.2) is 5.96 Å². The number of ether oxygens (including phenoxy) is 1. The predicted molar refractivity (Wildman–Crippen MR) is 120 cm³/mol. The highest BCUT2D eigenvalue weighted by atomic mass is 127. The van der Waals surface area contributed by atoms with Gasteiger partial charge in [0.2, 0.25) is 0 Å². The van der Waals surface area contributed by atoms with Gasteiger partial charge in [-0.15, -0.1) is 24.0 Å². The second-order valence-electron chi connectivity index (χ2n) is 7.16. The monoisotopic (exact) mass is 488 g/mol. The normalized spacial score (nSPS) is 22.4. The highest BCUT2D eigenvalue weighted by molar-refractivity contribution is 14.0. The first kappa shape index (κ1) is 22.4. The summed E-state index contributed by atoms with van der Waals surface area (Å²) in [6.07, 6.45) is 0.570. The first-order chi connectivity index (χ1) is 12.7. The Kier molecular flexibility index (Phi) is 9.28. The summed E-state index contributed by atoms with van der Waals surface area (Å²) in [6, 6.07) is 9.04. The van der Waals surface area contributed by atoms with E-state index in [1.54, 1.807) is 0 Å². The van der Waals surface area contributed by atoms with E-state index in [1.165, 1.54) is 11.1 Å². The van der Waals surface area contributed by atoms with Gasteiger partial charge in [-0.05, 0) is 25.8 Å². The van der Waals surface area contributed by atoms with Crippen molar-refractivity contribution in [3.05, 3.63) is 35.4 Å². The van der Waals surface area contributed by atoms with Crippen molar-refractivity contribution in [1.29, 1.82) is 0 Å². The van der Waals surface area contributed by atoms with Crippen molar-refractivity contribution in [3.8, 4) is 0 Å². The van der Waals surface area contributed by atoms with Crippen LogP contribution in [-0.4, -0.2) is 79.5 Å². The summed E-state index contributed by atoms with van der Waals surface area (Å²) in [7, 11) is 0. The van der Waals surface area contributed by atoms with E-state index in [-0.39, 0.29) is 36.1 Å². The Bertz CT molecular complexity index is 590. The summed E-state index contributed by atoms with van der Waals surface area (Å²) in [5.41, 5.74) is 2.58. The lowest BCUT2D eigenvalue weighted by Crippen LogP contribution is -2.43. The number of aryl methyl sites for hydroxylation is 1. The number of morpholine rings is 1. The van der Waals surface area contributed by atoms with Crippen molar-refractivity contribution in [3.63, 3.8) is 0 Å². The molecule has 152 valence electrons. The fraction of sp³-hybridized carbons (Fsp3) is 0.650. The van der Waals surface area contributed by atoms with Crippen LogP contribution in [0.5, 0.6) is 0 Å². The standard InChI is InChI=1S/C20H32N4O2.HI/c1-3-21-20(24-9-8-18(25)15-24)22-14-19(23-10-12-26-13-11-23)17-6-4-16(2)5-7-17;/h4-7,18-19,25H,3,8-15H2,1-2H3,(H,21,22);1H/t18-,19?;/m1./s1. The van der Waals surface area contributed by atoms with Crippen LogP contribution in [-0.2, 0) is 4.74 Å². The molecular weight excluding hydrogens is 455 g/mol. The van der Waals surface area contributed by atoms with Crippen LogP contribution in [0.1, 0.15) is 30.5 Å². The molecular formula is C20H33IN4O2. The number of aliphatic hydroxyl groups excluding tert-OH is 1. The van der Waals surface area contributed by atoms with Gasteiger partial charge in [-0.25, -0.2) is 0 Å². The number of rotatable bonds is 5. The summed E-state index contributed by atoms with van der Waals surface area (Å²) in [5.74, 6) is 0.912. The first-order valence-electron chi connectivity index (χ1n) is 9.77. The zero-order valence-corrected chi connectivity index (χ0v) is 18.8. The van der Waals surface area contributed by atoms with Crippen LogP contribution in [0.2, 0.25) is 0 Å². The number of hydrogen-bond donors (Lipinski definition) is 2. The van der Waals surface area contributed by atoms with E-state index >= 15 is 0 Å². The number of aliphatic hydroxyl groups is 1. The third-order valence-electron chi connectivity index (χ3n) is 5.16. The largest absolute Gasteiger partial charge is 0.391 e. The fourth-order valence-corrected chi connectivity index (χ4v) is 3.64. The maximum absolute atomic E-state index is 9.86. The predicted octanol–water partition coefficient (Wildman–Crippen LogP) is 2.02. The summed E-state index contributed by atoms with van der Waals surface area (Å²) in [6.45, 7) is 10.7. The maximum atomic E-state index is 9.86. The number of guanidine groups is 1. The third-order valence-corrected chi connectivity index (χ3v) is 5.16. The van der Waals surface area contributed by atoms with Gasteiger partial charge < -0.3 is 20.1 Å². The fourth-order valence-electron chi connectivity index (χ4n) is 3.64. The lowest BCUT2D eigenvalue weighted by atomic mass is 10.0. The van der Waals surface area contributed by atoms with Crippen LogP contribution in [0.3, 0.4) is 0 Å². The molecule has 2 atom stereocenters. The molecule has 0 bridgehead atoms. The molecule has 0 saturated carbocycles. The van der Waals surface area contributed by atoms with E-state index < -0.39 is 0 Å². The Hall–Kier alpha value is -0.900. The molecule has 3 rings (SSSR count). The lowest BCUT2D eigenvalue weighted by Gasteiger charge is -2.34. The molecule has 27 heavy (non-hydrogen) atoms.